The highest BCUT2D eigenvalue weighted by molar-refractivity contribution is 5.24. The lowest BCUT2D eigenvalue weighted by molar-refractivity contribution is 0.0529. The summed E-state index contributed by atoms with van der Waals surface area (Å²) in [5.74, 6) is 0. The summed E-state index contributed by atoms with van der Waals surface area (Å²) in [4.78, 5) is 0. The Morgan fingerprint density at radius 2 is 2.43 bits per heavy atom. The third kappa shape index (κ3) is 3.51. The van der Waals surface area contributed by atoms with E-state index in [0.717, 1.165) is 12.8 Å². The van der Waals surface area contributed by atoms with Gasteiger partial charge < -0.3 is 4.74 Å². The van der Waals surface area contributed by atoms with Crippen molar-refractivity contribution in [2.24, 2.45) is 0 Å². The van der Waals surface area contributed by atoms with Gasteiger partial charge in [0.25, 0.3) is 0 Å². The highest BCUT2D eigenvalue weighted by atomic mass is 16.5. The molecule has 0 aromatic carbocycles. The molecular formula is C13H20O. The summed E-state index contributed by atoms with van der Waals surface area (Å²) in [5, 5.41) is 0. The second kappa shape index (κ2) is 5.82. The predicted octanol–water partition coefficient (Wildman–Crippen LogP) is 3.63. The normalized spacial score (nSPS) is 23.9. The lowest BCUT2D eigenvalue weighted by Crippen LogP contribution is -2.17. The molecule has 0 aromatic rings. The van der Waals surface area contributed by atoms with E-state index in [-0.39, 0.29) is 12.2 Å². The number of ether oxygens (including phenoxy) is 1. The third-order valence-corrected chi connectivity index (χ3v) is 2.40. The smallest absolute Gasteiger partial charge is 0.0801 e. The van der Waals surface area contributed by atoms with Crippen LogP contribution in [-0.4, -0.2) is 12.2 Å². The summed E-state index contributed by atoms with van der Waals surface area (Å²) in [6.45, 7) is 6.28. The van der Waals surface area contributed by atoms with Gasteiger partial charge in [0.2, 0.25) is 0 Å². The van der Waals surface area contributed by atoms with Crippen molar-refractivity contribution in [2.45, 2.75) is 45.8 Å². The summed E-state index contributed by atoms with van der Waals surface area (Å²) in [6.07, 6.45) is 13.3. The molecule has 1 nitrogen and oxygen atoms in total. The Bertz CT molecular complexity index is 248. The van der Waals surface area contributed by atoms with Crippen LogP contribution in [0.1, 0.15) is 33.6 Å². The zero-order valence-corrected chi connectivity index (χ0v) is 9.36. The first-order valence-corrected chi connectivity index (χ1v) is 5.41. The molecule has 0 saturated carbocycles. The third-order valence-electron chi connectivity index (χ3n) is 2.40. The lowest BCUT2D eigenvalue weighted by Gasteiger charge is -2.19. The van der Waals surface area contributed by atoms with E-state index in [1.807, 2.05) is 13.0 Å². The molecule has 0 aromatic heterocycles. The van der Waals surface area contributed by atoms with Crippen LogP contribution in [0.25, 0.3) is 0 Å². The van der Waals surface area contributed by atoms with E-state index in [2.05, 4.69) is 38.2 Å². The minimum absolute atomic E-state index is 0.214. The molecule has 1 rings (SSSR count). The topological polar surface area (TPSA) is 9.23 Å². The SMILES string of the molecule is C/C=C\C(C)OC1C=CC(CC)=CC1. The van der Waals surface area contributed by atoms with Crippen LogP contribution in [-0.2, 0) is 4.74 Å². The van der Waals surface area contributed by atoms with E-state index >= 15 is 0 Å². The summed E-state index contributed by atoms with van der Waals surface area (Å²) >= 11 is 0. The number of rotatable bonds is 4. The summed E-state index contributed by atoms with van der Waals surface area (Å²) in [6, 6.07) is 0. The molecule has 0 fully saturated rings. The van der Waals surface area contributed by atoms with Gasteiger partial charge >= 0.3 is 0 Å². The van der Waals surface area contributed by atoms with Crippen molar-refractivity contribution in [2.75, 3.05) is 0 Å². The minimum atomic E-state index is 0.214. The first-order chi connectivity index (χ1) is 6.76. The summed E-state index contributed by atoms with van der Waals surface area (Å²) in [7, 11) is 0. The van der Waals surface area contributed by atoms with Crippen LogP contribution in [0.3, 0.4) is 0 Å². The van der Waals surface area contributed by atoms with Crippen molar-refractivity contribution < 1.29 is 4.74 Å². The van der Waals surface area contributed by atoms with Gasteiger partial charge in [-0.3, -0.25) is 0 Å². The molecule has 0 spiro atoms. The molecular weight excluding hydrogens is 172 g/mol. The van der Waals surface area contributed by atoms with E-state index in [0.29, 0.717) is 0 Å². The number of hydrogen-bond acceptors (Lipinski definition) is 1. The Balaban J connectivity index is 2.37. The van der Waals surface area contributed by atoms with E-state index in [1.54, 1.807) is 0 Å². The molecule has 14 heavy (non-hydrogen) atoms. The van der Waals surface area contributed by atoms with Gasteiger partial charge in [-0.1, -0.05) is 42.9 Å². The Morgan fingerprint density at radius 3 is 2.93 bits per heavy atom. The molecule has 1 aliphatic carbocycles. The predicted molar refractivity (Wildman–Crippen MR) is 61.3 cm³/mol. The van der Waals surface area contributed by atoms with Crippen molar-refractivity contribution in [1.82, 2.24) is 0 Å². The van der Waals surface area contributed by atoms with Crippen molar-refractivity contribution in [3.8, 4) is 0 Å². The van der Waals surface area contributed by atoms with Crippen LogP contribution in [0.15, 0.2) is 36.0 Å². The van der Waals surface area contributed by atoms with Gasteiger partial charge in [-0.05, 0) is 26.7 Å². The maximum atomic E-state index is 5.81. The second-order valence-corrected chi connectivity index (χ2v) is 3.63. The molecule has 2 unspecified atom stereocenters. The van der Waals surface area contributed by atoms with Crippen molar-refractivity contribution in [3.05, 3.63) is 36.0 Å². The fourth-order valence-electron chi connectivity index (χ4n) is 1.60. The summed E-state index contributed by atoms with van der Waals surface area (Å²) < 4.78 is 5.81. The average Bonchev–Trinajstić information content (AvgIpc) is 2.19. The van der Waals surface area contributed by atoms with Crippen LogP contribution in [0.4, 0.5) is 0 Å². The quantitative estimate of drug-likeness (QED) is 0.618. The van der Waals surface area contributed by atoms with Crippen LogP contribution >= 0.6 is 0 Å². The van der Waals surface area contributed by atoms with E-state index in [4.69, 9.17) is 4.74 Å². The van der Waals surface area contributed by atoms with Gasteiger partial charge in [-0.2, -0.15) is 0 Å². The van der Waals surface area contributed by atoms with Gasteiger partial charge in [0.15, 0.2) is 0 Å². The molecule has 78 valence electrons. The molecule has 0 N–H and O–H groups in total. The van der Waals surface area contributed by atoms with Gasteiger partial charge in [0.05, 0.1) is 12.2 Å². The monoisotopic (exact) mass is 192 g/mol. The first kappa shape index (κ1) is 11.3. The molecule has 0 amide bonds. The number of allylic oxidation sites excluding steroid dienone is 3. The van der Waals surface area contributed by atoms with Crippen molar-refractivity contribution >= 4 is 0 Å². The van der Waals surface area contributed by atoms with Gasteiger partial charge in [-0.15, -0.1) is 0 Å². The van der Waals surface area contributed by atoms with Crippen LogP contribution < -0.4 is 0 Å². The fourth-order valence-corrected chi connectivity index (χ4v) is 1.60. The van der Waals surface area contributed by atoms with Gasteiger partial charge in [0, 0.05) is 0 Å². The van der Waals surface area contributed by atoms with Crippen LogP contribution in [0.5, 0.6) is 0 Å². The zero-order chi connectivity index (χ0) is 10.4. The molecule has 0 bridgehead atoms. The number of hydrogen-bond donors (Lipinski definition) is 0. The van der Waals surface area contributed by atoms with Crippen LogP contribution in [0, 0.1) is 0 Å². The summed E-state index contributed by atoms with van der Waals surface area (Å²) in [5.41, 5.74) is 1.42. The molecule has 0 radical (unpaired) electrons. The standard InChI is InChI=1S/C13H20O/c1-4-6-11(3)14-13-9-7-12(5-2)8-10-13/h4,6-9,11,13H,5,10H2,1-3H3/b6-4-. The van der Waals surface area contributed by atoms with Gasteiger partial charge in [-0.25, -0.2) is 0 Å². The van der Waals surface area contributed by atoms with E-state index in [9.17, 15) is 0 Å². The molecule has 0 aliphatic heterocycles. The molecule has 2 atom stereocenters. The maximum Gasteiger partial charge on any atom is 0.0801 e. The molecule has 0 heterocycles. The highest BCUT2D eigenvalue weighted by Crippen LogP contribution is 2.16. The van der Waals surface area contributed by atoms with E-state index in [1.165, 1.54) is 5.57 Å². The Kier molecular flexibility index (Phi) is 4.68. The Labute approximate surface area is 87.2 Å². The first-order valence-electron chi connectivity index (χ1n) is 5.41. The molecule has 1 aliphatic rings. The Hall–Kier alpha value is -0.820. The maximum absolute atomic E-state index is 5.81. The van der Waals surface area contributed by atoms with Crippen LogP contribution in [0.2, 0.25) is 0 Å². The average molecular weight is 192 g/mol. The highest BCUT2D eigenvalue weighted by Gasteiger charge is 2.10. The fraction of sp³-hybridized carbons (Fsp3) is 0.538. The largest absolute Gasteiger partial charge is 0.367 e. The van der Waals surface area contributed by atoms with E-state index < -0.39 is 0 Å². The Morgan fingerprint density at radius 1 is 1.64 bits per heavy atom. The second-order valence-electron chi connectivity index (χ2n) is 3.63. The van der Waals surface area contributed by atoms with Crippen molar-refractivity contribution in [3.63, 3.8) is 0 Å². The molecule has 1 heteroatoms. The van der Waals surface area contributed by atoms with Gasteiger partial charge in [0.1, 0.15) is 0 Å². The molecule has 0 saturated heterocycles. The minimum Gasteiger partial charge on any atom is -0.367 e. The van der Waals surface area contributed by atoms with Crippen molar-refractivity contribution in [1.29, 1.82) is 0 Å². The zero-order valence-electron chi connectivity index (χ0n) is 9.36. The lowest BCUT2D eigenvalue weighted by atomic mass is 10.0.